The minimum absolute atomic E-state index is 0.0239. The highest BCUT2D eigenvalue weighted by atomic mass is 32.2. The molecule has 0 saturated carbocycles. The SMILES string of the molecule is Cc1ccc(Oc2ccc(NS(=O)(=O)c3ccc(F)cc3)cc2)nn1. The third-order valence-corrected chi connectivity index (χ3v) is 4.62. The second-order valence-electron chi connectivity index (χ2n) is 5.20. The van der Waals surface area contributed by atoms with Gasteiger partial charge in [0.15, 0.2) is 0 Å². The Hall–Kier alpha value is -3.00. The maximum absolute atomic E-state index is 12.9. The van der Waals surface area contributed by atoms with Crippen LogP contribution in [0.15, 0.2) is 65.6 Å². The van der Waals surface area contributed by atoms with Crippen LogP contribution in [0.3, 0.4) is 0 Å². The predicted molar refractivity (Wildman–Crippen MR) is 90.5 cm³/mol. The standard InChI is InChI=1S/C17H14FN3O3S/c1-12-2-11-17(20-19-12)24-15-7-5-14(6-8-15)21-25(22,23)16-9-3-13(18)4-10-16/h2-11,21H,1H3. The van der Waals surface area contributed by atoms with Gasteiger partial charge < -0.3 is 4.74 Å². The fourth-order valence-corrected chi connectivity index (χ4v) is 3.04. The molecule has 0 amide bonds. The Labute approximate surface area is 144 Å². The normalized spacial score (nSPS) is 11.1. The maximum atomic E-state index is 12.9. The Morgan fingerprint density at radius 1 is 0.920 bits per heavy atom. The molecular weight excluding hydrogens is 345 g/mol. The quantitative estimate of drug-likeness (QED) is 0.754. The van der Waals surface area contributed by atoms with Crippen LogP contribution in [0.2, 0.25) is 0 Å². The van der Waals surface area contributed by atoms with E-state index in [4.69, 9.17) is 4.74 Å². The summed E-state index contributed by atoms with van der Waals surface area (Å²) in [5.41, 5.74) is 1.13. The van der Waals surface area contributed by atoms with Gasteiger partial charge >= 0.3 is 0 Å². The molecule has 3 rings (SSSR count). The summed E-state index contributed by atoms with van der Waals surface area (Å²) in [5, 5.41) is 7.78. The lowest BCUT2D eigenvalue weighted by atomic mass is 10.3. The lowest BCUT2D eigenvalue weighted by molar-refractivity contribution is 0.454. The van der Waals surface area contributed by atoms with Crippen molar-refractivity contribution in [2.45, 2.75) is 11.8 Å². The van der Waals surface area contributed by atoms with Gasteiger partial charge in [-0.1, -0.05) is 0 Å². The van der Waals surface area contributed by atoms with Crippen molar-refractivity contribution in [3.8, 4) is 11.6 Å². The molecule has 0 spiro atoms. The zero-order chi connectivity index (χ0) is 17.9. The first kappa shape index (κ1) is 16.8. The average molecular weight is 359 g/mol. The summed E-state index contributed by atoms with van der Waals surface area (Å²) in [6.07, 6.45) is 0. The lowest BCUT2D eigenvalue weighted by Gasteiger charge is -2.09. The minimum atomic E-state index is -3.79. The molecule has 1 N–H and O–H groups in total. The highest BCUT2D eigenvalue weighted by Crippen LogP contribution is 2.23. The van der Waals surface area contributed by atoms with Gasteiger partial charge in [0.05, 0.1) is 10.6 Å². The molecule has 0 bridgehead atoms. The van der Waals surface area contributed by atoms with Crippen LogP contribution in [0.5, 0.6) is 11.6 Å². The van der Waals surface area contributed by atoms with Crippen molar-refractivity contribution in [3.63, 3.8) is 0 Å². The molecule has 0 saturated heterocycles. The number of rotatable bonds is 5. The van der Waals surface area contributed by atoms with Crippen molar-refractivity contribution in [1.29, 1.82) is 0 Å². The third-order valence-electron chi connectivity index (χ3n) is 3.23. The van der Waals surface area contributed by atoms with Gasteiger partial charge in [-0.05, 0) is 61.5 Å². The number of aryl methyl sites for hydroxylation is 1. The Kier molecular flexibility index (Phi) is 4.62. The lowest BCUT2D eigenvalue weighted by Crippen LogP contribution is -2.12. The van der Waals surface area contributed by atoms with E-state index < -0.39 is 15.8 Å². The van der Waals surface area contributed by atoms with Gasteiger partial charge in [-0.15, -0.1) is 5.10 Å². The summed E-state index contributed by atoms with van der Waals surface area (Å²) in [6.45, 7) is 1.82. The predicted octanol–water partition coefficient (Wildman–Crippen LogP) is 3.52. The second kappa shape index (κ2) is 6.86. The van der Waals surface area contributed by atoms with Crippen LogP contribution >= 0.6 is 0 Å². The van der Waals surface area contributed by atoms with Gasteiger partial charge in [-0.3, -0.25) is 4.72 Å². The summed E-state index contributed by atoms with van der Waals surface area (Å²) in [5.74, 6) is 0.327. The molecule has 0 atom stereocenters. The molecule has 0 aliphatic rings. The molecule has 0 aliphatic heterocycles. The van der Waals surface area contributed by atoms with E-state index in [0.717, 1.165) is 17.8 Å². The third kappa shape index (κ3) is 4.30. The van der Waals surface area contributed by atoms with E-state index >= 15 is 0 Å². The highest BCUT2D eigenvalue weighted by Gasteiger charge is 2.14. The number of anilines is 1. The first-order valence-electron chi connectivity index (χ1n) is 7.29. The molecule has 3 aromatic rings. The Morgan fingerprint density at radius 3 is 2.20 bits per heavy atom. The fraction of sp³-hybridized carbons (Fsp3) is 0.0588. The summed E-state index contributed by atoms with van der Waals surface area (Å²) < 4.78 is 45.3. The smallest absolute Gasteiger partial charge is 0.261 e. The van der Waals surface area contributed by atoms with Crippen molar-refractivity contribution in [2.24, 2.45) is 0 Å². The van der Waals surface area contributed by atoms with Crippen LogP contribution in [0, 0.1) is 12.7 Å². The van der Waals surface area contributed by atoms with Gasteiger partial charge in [-0.25, -0.2) is 12.8 Å². The molecular formula is C17H14FN3O3S. The number of ether oxygens (including phenoxy) is 1. The minimum Gasteiger partial charge on any atom is -0.438 e. The van der Waals surface area contributed by atoms with Gasteiger partial charge in [0.25, 0.3) is 10.0 Å². The van der Waals surface area contributed by atoms with Crippen LogP contribution in [-0.4, -0.2) is 18.6 Å². The fourth-order valence-electron chi connectivity index (χ4n) is 1.98. The molecule has 0 radical (unpaired) electrons. The molecule has 0 fully saturated rings. The molecule has 8 heteroatoms. The Morgan fingerprint density at radius 2 is 1.60 bits per heavy atom. The average Bonchev–Trinajstić information content (AvgIpc) is 2.59. The molecule has 128 valence electrons. The molecule has 25 heavy (non-hydrogen) atoms. The number of aromatic nitrogens is 2. The molecule has 1 aromatic heterocycles. The Bertz CT molecular complexity index is 958. The van der Waals surface area contributed by atoms with E-state index in [9.17, 15) is 12.8 Å². The van der Waals surface area contributed by atoms with Gasteiger partial charge in [0.1, 0.15) is 11.6 Å². The van der Waals surface area contributed by atoms with Crippen molar-refractivity contribution in [3.05, 3.63) is 72.2 Å². The van der Waals surface area contributed by atoms with Crippen LogP contribution in [0.4, 0.5) is 10.1 Å². The Balaban J connectivity index is 1.71. The summed E-state index contributed by atoms with van der Waals surface area (Å²) >= 11 is 0. The van der Waals surface area contributed by atoms with E-state index in [1.165, 1.54) is 12.1 Å². The van der Waals surface area contributed by atoms with Gasteiger partial charge in [0, 0.05) is 11.8 Å². The first-order valence-corrected chi connectivity index (χ1v) is 8.77. The number of benzene rings is 2. The molecule has 6 nitrogen and oxygen atoms in total. The molecule has 0 unspecified atom stereocenters. The molecule has 1 heterocycles. The number of sulfonamides is 1. The zero-order valence-electron chi connectivity index (χ0n) is 13.2. The van der Waals surface area contributed by atoms with Crippen molar-refractivity contribution in [1.82, 2.24) is 10.2 Å². The van der Waals surface area contributed by atoms with E-state index in [1.807, 2.05) is 6.92 Å². The number of halogens is 1. The summed E-state index contributed by atoms with van der Waals surface area (Å²) in [7, 11) is -3.79. The summed E-state index contributed by atoms with van der Waals surface area (Å²) in [6, 6.07) is 14.4. The highest BCUT2D eigenvalue weighted by molar-refractivity contribution is 7.92. The summed E-state index contributed by atoms with van der Waals surface area (Å²) in [4.78, 5) is -0.0239. The van der Waals surface area contributed by atoms with Gasteiger partial charge in [0.2, 0.25) is 5.88 Å². The van der Waals surface area contributed by atoms with Crippen molar-refractivity contribution < 1.29 is 17.5 Å². The molecule has 0 aliphatic carbocycles. The number of hydrogen-bond acceptors (Lipinski definition) is 5. The topological polar surface area (TPSA) is 81.2 Å². The number of nitrogens with one attached hydrogen (secondary N) is 1. The zero-order valence-corrected chi connectivity index (χ0v) is 14.0. The molecule has 2 aromatic carbocycles. The van der Waals surface area contributed by atoms with E-state index in [0.29, 0.717) is 17.3 Å². The first-order chi connectivity index (χ1) is 11.9. The van der Waals surface area contributed by atoms with Crippen molar-refractivity contribution in [2.75, 3.05) is 4.72 Å². The number of hydrogen-bond donors (Lipinski definition) is 1. The second-order valence-corrected chi connectivity index (χ2v) is 6.88. The largest absolute Gasteiger partial charge is 0.438 e. The van der Waals surface area contributed by atoms with Crippen LogP contribution in [0.1, 0.15) is 5.69 Å². The van der Waals surface area contributed by atoms with Crippen LogP contribution in [0.25, 0.3) is 0 Å². The van der Waals surface area contributed by atoms with Gasteiger partial charge in [-0.2, -0.15) is 5.10 Å². The maximum Gasteiger partial charge on any atom is 0.261 e. The van der Waals surface area contributed by atoms with Crippen LogP contribution in [-0.2, 0) is 10.0 Å². The van der Waals surface area contributed by atoms with E-state index in [2.05, 4.69) is 14.9 Å². The van der Waals surface area contributed by atoms with Crippen molar-refractivity contribution >= 4 is 15.7 Å². The van der Waals surface area contributed by atoms with E-state index in [-0.39, 0.29) is 4.90 Å². The monoisotopic (exact) mass is 359 g/mol. The van der Waals surface area contributed by atoms with E-state index in [1.54, 1.807) is 36.4 Å². The number of nitrogens with zero attached hydrogens (tertiary/aromatic N) is 2. The van der Waals surface area contributed by atoms with Crippen LogP contribution < -0.4 is 9.46 Å².